The highest BCUT2D eigenvalue weighted by atomic mass is 35.5. The van der Waals surface area contributed by atoms with Crippen molar-refractivity contribution in [2.45, 2.75) is 6.42 Å². The van der Waals surface area contributed by atoms with Gasteiger partial charge in [-0.1, -0.05) is 11.6 Å². The lowest BCUT2D eigenvalue weighted by Crippen LogP contribution is -2.28. The standard InChI is InChI=1S/C20H18ClFN2O5/c1-28-17-7-2-13(21)9-16(17)23-18(25)11-29-20(27)12-8-19(26)24(10-12)15-5-3-14(22)4-6-15/h2-7,9,12H,8,10-11H2,1H3,(H,23,25)/t12-/m1/s1. The van der Waals surface area contributed by atoms with Gasteiger partial charge in [-0.2, -0.15) is 0 Å². The van der Waals surface area contributed by atoms with Gasteiger partial charge >= 0.3 is 5.97 Å². The highest BCUT2D eigenvalue weighted by molar-refractivity contribution is 6.31. The largest absolute Gasteiger partial charge is 0.495 e. The minimum absolute atomic E-state index is 0.0417. The van der Waals surface area contributed by atoms with Crippen LogP contribution in [0.25, 0.3) is 0 Å². The van der Waals surface area contributed by atoms with E-state index in [0.29, 0.717) is 22.1 Å². The van der Waals surface area contributed by atoms with Gasteiger partial charge in [0.2, 0.25) is 5.91 Å². The van der Waals surface area contributed by atoms with E-state index in [-0.39, 0.29) is 18.9 Å². The van der Waals surface area contributed by atoms with Gasteiger partial charge in [0.05, 0.1) is 18.7 Å². The highest BCUT2D eigenvalue weighted by Crippen LogP contribution is 2.28. The Morgan fingerprint density at radius 2 is 1.97 bits per heavy atom. The van der Waals surface area contributed by atoms with E-state index in [1.54, 1.807) is 12.1 Å². The Labute approximate surface area is 171 Å². The number of rotatable bonds is 6. The summed E-state index contributed by atoms with van der Waals surface area (Å²) >= 11 is 5.91. The predicted molar refractivity (Wildman–Crippen MR) is 104 cm³/mol. The molecule has 1 saturated heterocycles. The lowest BCUT2D eigenvalue weighted by molar-refractivity contribution is -0.151. The van der Waals surface area contributed by atoms with Crippen LogP contribution in [0.2, 0.25) is 5.02 Å². The zero-order chi connectivity index (χ0) is 21.0. The van der Waals surface area contributed by atoms with Crippen LogP contribution in [0.1, 0.15) is 6.42 Å². The van der Waals surface area contributed by atoms with Crippen molar-refractivity contribution in [3.8, 4) is 5.75 Å². The van der Waals surface area contributed by atoms with Crippen molar-refractivity contribution in [3.05, 3.63) is 53.3 Å². The molecule has 0 saturated carbocycles. The number of hydrogen-bond donors (Lipinski definition) is 1. The molecule has 0 aromatic heterocycles. The normalized spacial score (nSPS) is 15.9. The molecule has 29 heavy (non-hydrogen) atoms. The van der Waals surface area contributed by atoms with Gasteiger partial charge in [0, 0.05) is 23.7 Å². The first kappa shape index (κ1) is 20.6. The number of esters is 1. The van der Waals surface area contributed by atoms with E-state index in [1.807, 2.05) is 0 Å². The second-order valence-corrected chi connectivity index (χ2v) is 6.82. The Morgan fingerprint density at radius 1 is 1.24 bits per heavy atom. The van der Waals surface area contributed by atoms with Crippen LogP contribution in [0, 0.1) is 11.7 Å². The van der Waals surface area contributed by atoms with Crippen molar-refractivity contribution in [2.24, 2.45) is 5.92 Å². The molecule has 1 atom stereocenters. The van der Waals surface area contributed by atoms with Crippen molar-refractivity contribution >= 4 is 40.8 Å². The predicted octanol–water partition coefficient (Wildman–Crippen LogP) is 3.02. The Hall–Kier alpha value is -3.13. The van der Waals surface area contributed by atoms with Gasteiger partial charge in [-0.3, -0.25) is 14.4 Å². The third-order valence-electron chi connectivity index (χ3n) is 4.38. The zero-order valence-corrected chi connectivity index (χ0v) is 16.2. The number of nitrogens with zero attached hydrogens (tertiary/aromatic N) is 1. The molecule has 0 spiro atoms. The Kier molecular flexibility index (Phi) is 6.33. The summed E-state index contributed by atoms with van der Waals surface area (Å²) in [6, 6.07) is 10.1. The molecule has 2 aromatic rings. The topological polar surface area (TPSA) is 84.9 Å². The summed E-state index contributed by atoms with van der Waals surface area (Å²) in [5.74, 6) is -2.22. The fraction of sp³-hybridized carbons (Fsp3) is 0.250. The van der Waals surface area contributed by atoms with Crippen LogP contribution in [-0.4, -0.2) is 38.0 Å². The fourth-order valence-electron chi connectivity index (χ4n) is 2.95. The molecule has 3 rings (SSSR count). The van der Waals surface area contributed by atoms with Crippen LogP contribution in [-0.2, 0) is 19.1 Å². The number of hydrogen-bond acceptors (Lipinski definition) is 5. The summed E-state index contributed by atoms with van der Waals surface area (Å²) in [6.07, 6.45) is -0.0417. The molecular weight excluding hydrogens is 403 g/mol. The van der Waals surface area contributed by atoms with Crippen LogP contribution in [0.4, 0.5) is 15.8 Å². The van der Waals surface area contributed by atoms with Gasteiger partial charge < -0.3 is 19.7 Å². The molecule has 152 valence electrons. The fourth-order valence-corrected chi connectivity index (χ4v) is 3.13. The summed E-state index contributed by atoms with van der Waals surface area (Å²) < 4.78 is 23.2. The number of carbonyl (C=O) groups excluding carboxylic acids is 3. The second-order valence-electron chi connectivity index (χ2n) is 6.38. The number of methoxy groups -OCH3 is 1. The third-order valence-corrected chi connectivity index (χ3v) is 4.61. The van der Waals surface area contributed by atoms with E-state index in [2.05, 4.69) is 5.32 Å². The van der Waals surface area contributed by atoms with Gasteiger partial charge in [0.1, 0.15) is 11.6 Å². The van der Waals surface area contributed by atoms with Gasteiger partial charge in [-0.15, -0.1) is 0 Å². The zero-order valence-electron chi connectivity index (χ0n) is 15.5. The highest BCUT2D eigenvalue weighted by Gasteiger charge is 2.36. The molecule has 0 radical (unpaired) electrons. The third kappa shape index (κ3) is 5.03. The second kappa shape index (κ2) is 8.91. The lowest BCUT2D eigenvalue weighted by Gasteiger charge is -2.16. The Morgan fingerprint density at radius 3 is 2.66 bits per heavy atom. The molecule has 2 amide bonds. The van der Waals surface area contributed by atoms with Crippen molar-refractivity contribution in [1.82, 2.24) is 0 Å². The molecule has 1 heterocycles. The van der Waals surface area contributed by atoms with Gasteiger partial charge in [0.25, 0.3) is 5.91 Å². The molecular formula is C20H18ClFN2O5. The van der Waals surface area contributed by atoms with Crippen molar-refractivity contribution in [2.75, 3.05) is 30.5 Å². The Balaban J connectivity index is 1.54. The maximum absolute atomic E-state index is 13.0. The average molecular weight is 421 g/mol. The van der Waals surface area contributed by atoms with Crippen LogP contribution < -0.4 is 15.0 Å². The van der Waals surface area contributed by atoms with E-state index in [0.717, 1.165) is 0 Å². The Bertz CT molecular complexity index is 935. The quantitative estimate of drug-likeness (QED) is 0.726. The number of halogens is 2. The molecule has 1 N–H and O–H groups in total. The van der Waals surface area contributed by atoms with E-state index in [4.69, 9.17) is 21.1 Å². The molecule has 0 aliphatic carbocycles. The minimum Gasteiger partial charge on any atom is -0.495 e. The SMILES string of the molecule is COc1ccc(Cl)cc1NC(=O)COC(=O)[C@@H]1CC(=O)N(c2ccc(F)cc2)C1. The molecule has 0 unspecified atom stereocenters. The number of amides is 2. The number of carbonyl (C=O) groups is 3. The first-order valence-electron chi connectivity index (χ1n) is 8.73. The van der Waals surface area contributed by atoms with Gasteiger partial charge in [-0.05, 0) is 42.5 Å². The summed E-state index contributed by atoms with van der Waals surface area (Å²) in [6.45, 7) is -0.414. The molecule has 1 aliphatic heterocycles. The minimum atomic E-state index is -0.707. The van der Waals surface area contributed by atoms with Crippen LogP contribution in [0.15, 0.2) is 42.5 Å². The first-order chi connectivity index (χ1) is 13.9. The number of anilines is 2. The van der Waals surface area contributed by atoms with Crippen LogP contribution >= 0.6 is 11.6 Å². The summed E-state index contributed by atoms with van der Waals surface area (Å²) in [7, 11) is 1.45. The number of ether oxygens (including phenoxy) is 2. The molecule has 7 nitrogen and oxygen atoms in total. The van der Waals surface area contributed by atoms with E-state index >= 15 is 0 Å². The number of nitrogens with one attached hydrogen (secondary N) is 1. The van der Waals surface area contributed by atoms with Crippen LogP contribution in [0.5, 0.6) is 5.75 Å². The molecule has 1 aliphatic rings. The first-order valence-corrected chi connectivity index (χ1v) is 9.11. The summed E-state index contributed by atoms with van der Waals surface area (Å²) in [5.41, 5.74) is 0.845. The van der Waals surface area contributed by atoms with E-state index in [9.17, 15) is 18.8 Å². The maximum Gasteiger partial charge on any atom is 0.311 e. The lowest BCUT2D eigenvalue weighted by atomic mass is 10.1. The number of benzene rings is 2. The summed E-state index contributed by atoms with van der Waals surface area (Å²) in [5, 5.41) is 2.96. The van der Waals surface area contributed by atoms with Crippen molar-refractivity contribution in [3.63, 3.8) is 0 Å². The van der Waals surface area contributed by atoms with Gasteiger partial charge in [0.15, 0.2) is 6.61 Å². The monoisotopic (exact) mass is 420 g/mol. The maximum atomic E-state index is 13.0. The molecule has 0 bridgehead atoms. The average Bonchev–Trinajstić information content (AvgIpc) is 3.09. The summed E-state index contributed by atoms with van der Waals surface area (Å²) in [4.78, 5) is 37.9. The molecule has 9 heteroatoms. The van der Waals surface area contributed by atoms with Crippen molar-refractivity contribution in [1.29, 1.82) is 0 Å². The molecule has 1 fully saturated rings. The molecule has 2 aromatic carbocycles. The smallest absolute Gasteiger partial charge is 0.311 e. The van der Waals surface area contributed by atoms with E-state index < -0.39 is 30.2 Å². The van der Waals surface area contributed by atoms with Gasteiger partial charge in [-0.25, -0.2) is 4.39 Å². The van der Waals surface area contributed by atoms with Crippen molar-refractivity contribution < 1.29 is 28.2 Å². The van der Waals surface area contributed by atoms with E-state index in [1.165, 1.54) is 42.3 Å². The van der Waals surface area contributed by atoms with Crippen LogP contribution in [0.3, 0.4) is 0 Å².